The lowest BCUT2D eigenvalue weighted by molar-refractivity contribution is -0.130. The summed E-state index contributed by atoms with van der Waals surface area (Å²) >= 11 is 0. The summed E-state index contributed by atoms with van der Waals surface area (Å²) < 4.78 is 12.0. The summed E-state index contributed by atoms with van der Waals surface area (Å²) in [7, 11) is 0. The molecule has 1 amide bonds. The van der Waals surface area contributed by atoms with Crippen LogP contribution < -0.4 is 20.5 Å². The molecule has 2 aliphatic heterocycles. The number of nitrogens with zero attached hydrogens (tertiary/aromatic N) is 2. The van der Waals surface area contributed by atoms with Crippen LogP contribution in [0.3, 0.4) is 0 Å². The highest BCUT2D eigenvalue weighted by Crippen LogP contribution is 2.39. The van der Waals surface area contributed by atoms with E-state index in [1.54, 1.807) is 4.90 Å². The van der Waals surface area contributed by atoms with E-state index in [0.717, 1.165) is 46.7 Å². The number of ether oxygens (including phenoxy) is 2. The molecule has 37 heavy (non-hydrogen) atoms. The van der Waals surface area contributed by atoms with Crippen molar-refractivity contribution >= 4 is 17.6 Å². The Morgan fingerprint density at radius 3 is 2.62 bits per heavy atom. The third-order valence-electron chi connectivity index (χ3n) is 7.93. The van der Waals surface area contributed by atoms with Gasteiger partial charge in [0.2, 0.25) is 5.91 Å². The summed E-state index contributed by atoms with van der Waals surface area (Å²) in [6, 6.07) is 14.2. The Morgan fingerprint density at radius 2 is 1.95 bits per heavy atom. The SMILES string of the molecule is C=C(NC1c2ccccc2OC(C)C1C)c1ccc(OCC)c(CN2C(=O)CC(CC)(CC)N=C2N)c1. The van der Waals surface area contributed by atoms with Gasteiger partial charge in [-0.15, -0.1) is 0 Å². The minimum Gasteiger partial charge on any atom is -0.494 e. The molecule has 2 heterocycles. The molecule has 0 spiro atoms. The molecule has 0 radical (unpaired) electrons. The van der Waals surface area contributed by atoms with Crippen molar-refractivity contribution in [2.75, 3.05) is 6.61 Å². The molecule has 0 fully saturated rings. The zero-order valence-corrected chi connectivity index (χ0v) is 22.7. The number of aliphatic imine (C=N–C) groups is 1. The fourth-order valence-corrected chi connectivity index (χ4v) is 5.22. The summed E-state index contributed by atoms with van der Waals surface area (Å²) in [6.07, 6.45) is 1.99. The van der Waals surface area contributed by atoms with E-state index in [1.807, 2.05) is 43.3 Å². The van der Waals surface area contributed by atoms with Crippen molar-refractivity contribution in [3.63, 3.8) is 0 Å². The first-order valence-corrected chi connectivity index (χ1v) is 13.3. The van der Waals surface area contributed by atoms with Crippen LogP contribution in [0.15, 0.2) is 54.0 Å². The molecule has 0 bridgehead atoms. The van der Waals surface area contributed by atoms with Crippen LogP contribution in [-0.2, 0) is 11.3 Å². The van der Waals surface area contributed by atoms with E-state index in [0.29, 0.717) is 19.6 Å². The molecule has 4 rings (SSSR count). The number of amides is 1. The Hall–Kier alpha value is -3.48. The molecule has 0 aromatic heterocycles. The molecule has 3 atom stereocenters. The average molecular weight is 505 g/mol. The lowest BCUT2D eigenvalue weighted by atomic mass is 9.87. The number of fused-ring (bicyclic) bond motifs is 1. The Balaban J connectivity index is 1.61. The molecule has 0 saturated heterocycles. The predicted molar refractivity (Wildman–Crippen MR) is 148 cm³/mol. The second-order valence-corrected chi connectivity index (χ2v) is 10.1. The largest absolute Gasteiger partial charge is 0.494 e. The summed E-state index contributed by atoms with van der Waals surface area (Å²) in [4.78, 5) is 19.5. The number of carbonyl (C=O) groups excluding carboxylic acids is 1. The van der Waals surface area contributed by atoms with E-state index < -0.39 is 5.54 Å². The third-order valence-corrected chi connectivity index (χ3v) is 7.93. The van der Waals surface area contributed by atoms with Crippen molar-refractivity contribution in [3.05, 3.63) is 65.7 Å². The average Bonchev–Trinajstić information content (AvgIpc) is 2.89. The first-order chi connectivity index (χ1) is 17.7. The molecule has 7 nitrogen and oxygen atoms in total. The molecule has 0 aliphatic carbocycles. The molecule has 0 saturated carbocycles. The van der Waals surface area contributed by atoms with Gasteiger partial charge in [0, 0.05) is 22.7 Å². The van der Waals surface area contributed by atoms with Crippen molar-refractivity contribution in [2.45, 2.75) is 78.1 Å². The molecule has 7 heteroatoms. The quantitative estimate of drug-likeness (QED) is 0.477. The molecule has 2 aromatic rings. The number of benzene rings is 2. The number of rotatable bonds is 9. The molecule has 3 N–H and O–H groups in total. The van der Waals surface area contributed by atoms with E-state index in [2.05, 4.69) is 45.7 Å². The maximum atomic E-state index is 13.2. The van der Waals surface area contributed by atoms with Gasteiger partial charge in [-0.2, -0.15) is 0 Å². The topological polar surface area (TPSA) is 89.2 Å². The van der Waals surface area contributed by atoms with Gasteiger partial charge in [-0.1, -0.05) is 45.5 Å². The maximum absolute atomic E-state index is 13.2. The van der Waals surface area contributed by atoms with Gasteiger partial charge in [0.05, 0.1) is 31.2 Å². The molecular weight excluding hydrogens is 464 g/mol. The van der Waals surface area contributed by atoms with Gasteiger partial charge in [-0.3, -0.25) is 9.69 Å². The van der Waals surface area contributed by atoms with Gasteiger partial charge in [0.1, 0.15) is 17.6 Å². The second-order valence-electron chi connectivity index (χ2n) is 10.1. The standard InChI is InChI=1S/C30H40N4O3/c1-7-30(8-2)17-27(35)34(29(31)33-30)18-23-16-22(14-15-25(23)36-9-3)20(5)32-28-19(4)21(6)37-26-13-11-10-12-24(26)28/h10-16,19,21,28,32H,5,7-9,17-18H2,1-4,6H3,(H2,31,33). The van der Waals surface area contributed by atoms with Crippen LogP contribution in [0.2, 0.25) is 0 Å². The number of hydrogen-bond donors (Lipinski definition) is 2. The number of nitrogens with one attached hydrogen (secondary N) is 1. The van der Waals surface area contributed by atoms with Crippen LogP contribution in [0.25, 0.3) is 5.70 Å². The van der Waals surface area contributed by atoms with Crippen molar-refractivity contribution in [1.29, 1.82) is 0 Å². The highest BCUT2D eigenvalue weighted by Gasteiger charge is 2.37. The Bertz CT molecular complexity index is 1190. The maximum Gasteiger partial charge on any atom is 0.232 e. The Kier molecular flexibility index (Phi) is 7.81. The highest BCUT2D eigenvalue weighted by atomic mass is 16.5. The molecule has 3 unspecified atom stereocenters. The number of nitrogens with two attached hydrogens (primary N) is 1. The van der Waals surface area contributed by atoms with Crippen molar-refractivity contribution < 1.29 is 14.3 Å². The van der Waals surface area contributed by atoms with Gasteiger partial charge < -0.3 is 20.5 Å². The van der Waals surface area contributed by atoms with Gasteiger partial charge in [0.25, 0.3) is 0 Å². The molecule has 2 aliphatic rings. The van der Waals surface area contributed by atoms with Gasteiger partial charge in [-0.25, -0.2) is 4.99 Å². The van der Waals surface area contributed by atoms with E-state index in [9.17, 15) is 4.79 Å². The van der Waals surface area contributed by atoms with E-state index in [-0.39, 0.29) is 29.9 Å². The summed E-state index contributed by atoms with van der Waals surface area (Å²) in [6.45, 7) is 15.5. The van der Waals surface area contributed by atoms with Crippen molar-refractivity contribution in [3.8, 4) is 11.5 Å². The van der Waals surface area contributed by atoms with Crippen LogP contribution in [0.1, 0.15) is 76.6 Å². The number of hydrogen-bond acceptors (Lipinski definition) is 6. The van der Waals surface area contributed by atoms with Crippen molar-refractivity contribution in [2.24, 2.45) is 16.6 Å². The number of carbonyl (C=O) groups is 1. The monoisotopic (exact) mass is 504 g/mol. The molecule has 2 aromatic carbocycles. The van der Waals surface area contributed by atoms with Gasteiger partial charge >= 0.3 is 0 Å². The van der Waals surface area contributed by atoms with Crippen molar-refractivity contribution in [1.82, 2.24) is 10.2 Å². The second kappa shape index (κ2) is 10.9. The minimum absolute atomic E-state index is 0.0115. The minimum atomic E-state index is -0.408. The van der Waals surface area contributed by atoms with Crippen LogP contribution in [-0.4, -0.2) is 35.0 Å². The fraction of sp³-hybridized carbons (Fsp3) is 0.467. The summed E-state index contributed by atoms with van der Waals surface area (Å²) in [5.74, 6) is 2.13. The first-order valence-electron chi connectivity index (χ1n) is 13.3. The highest BCUT2D eigenvalue weighted by molar-refractivity contribution is 5.99. The van der Waals surface area contributed by atoms with Gasteiger partial charge in [0.15, 0.2) is 5.96 Å². The van der Waals surface area contributed by atoms with Crippen LogP contribution in [0, 0.1) is 5.92 Å². The predicted octanol–water partition coefficient (Wildman–Crippen LogP) is 5.41. The zero-order chi connectivity index (χ0) is 26.7. The van der Waals surface area contributed by atoms with Crippen LogP contribution in [0.5, 0.6) is 11.5 Å². The van der Waals surface area contributed by atoms with Crippen LogP contribution >= 0.6 is 0 Å². The number of guanidine groups is 1. The third kappa shape index (κ3) is 5.31. The summed E-state index contributed by atoms with van der Waals surface area (Å²) in [5, 5.41) is 3.65. The van der Waals surface area contributed by atoms with Crippen LogP contribution in [0.4, 0.5) is 0 Å². The lowest BCUT2D eigenvalue weighted by Gasteiger charge is -2.37. The first kappa shape index (κ1) is 26.6. The van der Waals surface area contributed by atoms with E-state index in [1.165, 1.54) is 0 Å². The summed E-state index contributed by atoms with van der Waals surface area (Å²) in [5.41, 5.74) is 9.64. The Morgan fingerprint density at radius 1 is 1.22 bits per heavy atom. The zero-order valence-electron chi connectivity index (χ0n) is 22.7. The smallest absolute Gasteiger partial charge is 0.232 e. The molecular formula is C30H40N4O3. The van der Waals surface area contributed by atoms with E-state index >= 15 is 0 Å². The molecule has 198 valence electrons. The Labute approximate surface area is 220 Å². The normalized spacial score (nSPS) is 22.5. The number of para-hydroxylation sites is 1. The fourth-order valence-electron chi connectivity index (χ4n) is 5.22. The van der Waals surface area contributed by atoms with E-state index in [4.69, 9.17) is 20.2 Å². The lowest BCUT2D eigenvalue weighted by Crippen LogP contribution is -2.50. The van der Waals surface area contributed by atoms with Gasteiger partial charge in [-0.05, 0) is 56.5 Å².